The third kappa shape index (κ3) is 2.91. The van der Waals surface area contributed by atoms with Crippen molar-refractivity contribution in [3.63, 3.8) is 0 Å². The molecule has 1 N–H and O–H groups in total. The minimum Gasteiger partial charge on any atom is -0.301 e. The van der Waals surface area contributed by atoms with Gasteiger partial charge in [-0.3, -0.25) is 9.69 Å². The Hall–Kier alpha value is -2.10. The highest BCUT2D eigenvalue weighted by atomic mass is 32.2. The summed E-state index contributed by atoms with van der Waals surface area (Å²) >= 11 is 1.45. The normalized spacial score (nSPS) is 14.4. The number of fused-ring (bicyclic) bond motifs is 1. The molecule has 2 heterocycles. The van der Waals surface area contributed by atoms with E-state index < -0.39 is 0 Å². The van der Waals surface area contributed by atoms with Crippen molar-refractivity contribution in [2.45, 2.75) is 24.7 Å². The molecule has 0 bridgehead atoms. The SMILES string of the molecule is CSc1nc2c(c(=O)[nH]1)CN(Cc1ccccc1C#N)CC2. The minimum atomic E-state index is -0.0485. The van der Waals surface area contributed by atoms with E-state index in [-0.39, 0.29) is 5.56 Å². The van der Waals surface area contributed by atoms with E-state index in [2.05, 4.69) is 20.9 Å². The predicted octanol–water partition coefficient (Wildman–Crippen LogP) is 1.92. The Morgan fingerprint density at radius 2 is 2.27 bits per heavy atom. The fourth-order valence-corrected chi connectivity index (χ4v) is 3.09. The molecule has 0 radical (unpaired) electrons. The van der Waals surface area contributed by atoms with Crippen LogP contribution in [-0.2, 0) is 19.5 Å². The first-order valence-electron chi connectivity index (χ1n) is 7.07. The second-order valence-corrected chi connectivity index (χ2v) is 6.03. The van der Waals surface area contributed by atoms with Crippen molar-refractivity contribution in [2.75, 3.05) is 12.8 Å². The van der Waals surface area contributed by atoms with Crippen molar-refractivity contribution in [2.24, 2.45) is 0 Å². The molecular weight excluding hydrogens is 296 g/mol. The first-order valence-corrected chi connectivity index (χ1v) is 8.30. The molecule has 1 aliphatic heterocycles. The van der Waals surface area contributed by atoms with E-state index in [1.54, 1.807) is 0 Å². The second-order valence-electron chi connectivity index (χ2n) is 5.23. The van der Waals surface area contributed by atoms with Gasteiger partial charge in [0.25, 0.3) is 5.56 Å². The van der Waals surface area contributed by atoms with Gasteiger partial charge < -0.3 is 4.98 Å². The summed E-state index contributed by atoms with van der Waals surface area (Å²) in [6.07, 6.45) is 2.67. The Labute approximate surface area is 133 Å². The lowest BCUT2D eigenvalue weighted by Gasteiger charge is -2.27. The summed E-state index contributed by atoms with van der Waals surface area (Å²) in [4.78, 5) is 21.7. The van der Waals surface area contributed by atoms with E-state index in [9.17, 15) is 10.1 Å². The van der Waals surface area contributed by atoms with Gasteiger partial charge in [0.1, 0.15) is 0 Å². The maximum Gasteiger partial charge on any atom is 0.256 e. The maximum absolute atomic E-state index is 12.2. The molecule has 112 valence electrons. The number of hydrogen-bond donors (Lipinski definition) is 1. The monoisotopic (exact) mass is 312 g/mol. The van der Waals surface area contributed by atoms with E-state index in [4.69, 9.17) is 0 Å². The third-order valence-corrected chi connectivity index (χ3v) is 4.43. The number of thioether (sulfide) groups is 1. The van der Waals surface area contributed by atoms with E-state index in [0.29, 0.717) is 23.8 Å². The van der Waals surface area contributed by atoms with E-state index in [1.165, 1.54) is 11.8 Å². The molecule has 0 saturated heterocycles. The Kier molecular flexibility index (Phi) is 4.27. The number of H-pyrrole nitrogens is 1. The van der Waals surface area contributed by atoms with Gasteiger partial charge in [0.2, 0.25) is 0 Å². The van der Waals surface area contributed by atoms with Gasteiger partial charge in [-0.2, -0.15) is 5.26 Å². The van der Waals surface area contributed by atoms with Gasteiger partial charge in [-0.25, -0.2) is 4.98 Å². The summed E-state index contributed by atoms with van der Waals surface area (Å²) in [5.41, 5.74) is 3.29. The number of rotatable bonds is 3. The highest BCUT2D eigenvalue weighted by molar-refractivity contribution is 7.98. The van der Waals surface area contributed by atoms with Crippen LogP contribution in [-0.4, -0.2) is 27.7 Å². The largest absolute Gasteiger partial charge is 0.301 e. The van der Waals surface area contributed by atoms with Crippen LogP contribution in [0.4, 0.5) is 0 Å². The number of nitrogens with zero attached hydrogens (tertiary/aromatic N) is 3. The number of aromatic amines is 1. The molecule has 0 amide bonds. The molecule has 0 atom stereocenters. The molecule has 0 unspecified atom stereocenters. The molecule has 5 nitrogen and oxygen atoms in total. The molecule has 1 aliphatic rings. The predicted molar refractivity (Wildman–Crippen MR) is 85.6 cm³/mol. The summed E-state index contributed by atoms with van der Waals surface area (Å²) < 4.78 is 0. The van der Waals surface area contributed by atoms with Gasteiger partial charge in [0.15, 0.2) is 5.16 Å². The van der Waals surface area contributed by atoms with Crippen LogP contribution in [0.5, 0.6) is 0 Å². The van der Waals surface area contributed by atoms with Crippen LogP contribution in [0.2, 0.25) is 0 Å². The molecule has 1 aromatic heterocycles. The Morgan fingerprint density at radius 1 is 1.45 bits per heavy atom. The lowest BCUT2D eigenvalue weighted by Crippen LogP contribution is -2.35. The number of nitriles is 1. The van der Waals surface area contributed by atoms with Crippen molar-refractivity contribution in [3.05, 3.63) is 57.0 Å². The fourth-order valence-electron chi connectivity index (χ4n) is 2.70. The summed E-state index contributed by atoms with van der Waals surface area (Å²) in [6.45, 7) is 2.09. The summed E-state index contributed by atoms with van der Waals surface area (Å²) in [6, 6.07) is 9.82. The molecule has 1 aromatic carbocycles. The van der Waals surface area contributed by atoms with Gasteiger partial charge >= 0.3 is 0 Å². The van der Waals surface area contributed by atoms with Crippen LogP contribution in [0, 0.1) is 11.3 Å². The third-order valence-electron chi connectivity index (χ3n) is 3.85. The zero-order valence-corrected chi connectivity index (χ0v) is 13.1. The van der Waals surface area contributed by atoms with Gasteiger partial charge in [-0.1, -0.05) is 30.0 Å². The molecule has 6 heteroatoms. The lowest BCUT2D eigenvalue weighted by atomic mass is 10.0. The Bertz CT molecular complexity index is 793. The molecule has 0 aliphatic carbocycles. The molecule has 0 saturated carbocycles. The van der Waals surface area contributed by atoms with E-state index >= 15 is 0 Å². The minimum absolute atomic E-state index is 0.0485. The molecule has 2 aromatic rings. The van der Waals surface area contributed by atoms with Crippen LogP contribution in [0.25, 0.3) is 0 Å². The smallest absolute Gasteiger partial charge is 0.256 e. The van der Waals surface area contributed by atoms with Gasteiger partial charge in [-0.05, 0) is 17.9 Å². The average Bonchev–Trinajstić information content (AvgIpc) is 2.55. The van der Waals surface area contributed by atoms with Crippen molar-refractivity contribution in [3.8, 4) is 6.07 Å². The highest BCUT2D eigenvalue weighted by Gasteiger charge is 2.21. The van der Waals surface area contributed by atoms with Crippen LogP contribution in [0.15, 0.2) is 34.2 Å². The molecule has 0 fully saturated rings. The highest BCUT2D eigenvalue weighted by Crippen LogP contribution is 2.19. The summed E-state index contributed by atoms with van der Waals surface area (Å²) in [5.74, 6) is 0. The fraction of sp³-hybridized carbons (Fsp3) is 0.312. The quantitative estimate of drug-likeness (QED) is 0.692. The van der Waals surface area contributed by atoms with Crippen molar-refractivity contribution in [1.82, 2.24) is 14.9 Å². The zero-order valence-electron chi connectivity index (χ0n) is 12.3. The van der Waals surface area contributed by atoms with Crippen LogP contribution in [0.1, 0.15) is 22.4 Å². The Morgan fingerprint density at radius 3 is 3.05 bits per heavy atom. The average molecular weight is 312 g/mol. The molecule has 0 spiro atoms. The number of benzene rings is 1. The van der Waals surface area contributed by atoms with Crippen LogP contribution >= 0.6 is 11.8 Å². The lowest BCUT2D eigenvalue weighted by molar-refractivity contribution is 0.240. The van der Waals surface area contributed by atoms with Crippen molar-refractivity contribution < 1.29 is 0 Å². The standard InChI is InChI=1S/C16H16N4OS/c1-22-16-18-14-6-7-20(10-13(14)15(21)19-16)9-12-5-3-2-4-11(12)8-17/h2-5H,6-7,9-10H2,1H3,(H,18,19,21). The van der Waals surface area contributed by atoms with Crippen LogP contribution in [0.3, 0.4) is 0 Å². The molecule has 3 rings (SSSR count). The van der Waals surface area contributed by atoms with Gasteiger partial charge in [0.05, 0.1) is 22.9 Å². The summed E-state index contributed by atoms with van der Waals surface area (Å²) in [7, 11) is 0. The number of nitrogens with one attached hydrogen (secondary N) is 1. The maximum atomic E-state index is 12.2. The second kappa shape index (κ2) is 6.34. The summed E-state index contributed by atoms with van der Waals surface area (Å²) in [5, 5.41) is 9.84. The van der Waals surface area contributed by atoms with Crippen molar-refractivity contribution >= 4 is 11.8 Å². The van der Waals surface area contributed by atoms with Crippen LogP contribution < -0.4 is 5.56 Å². The van der Waals surface area contributed by atoms with E-state index in [1.807, 2.05) is 30.5 Å². The molecular formula is C16H16N4OS. The zero-order chi connectivity index (χ0) is 15.5. The number of aromatic nitrogens is 2. The van der Waals surface area contributed by atoms with Gasteiger partial charge in [0, 0.05) is 26.1 Å². The number of hydrogen-bond acceptors (Lipinski definition) is 5. The van der Waals surface area contributed by atoms with E-state index in [0.717, 1.165) is 29.8 Å². The topological polar surface area (TPSA) is 72.8 Å². The first kappa shape index (κ1) is 14.8. The van der Waals surface area contributed by atoms with Crippen molar-refractivity contribution in [1.29, 1.82) is 5.26 Å². The first-order chi connectivity index (χ1) is 10.7. The Balaban J connectivity index is 1.83. The molecule has 22 heavy (non-hydrogen) atoms. The van der Waals surface area contributed by atoms with Gasteiger partial charge in [-0.15, -0.1) is 0 Å².